The van der Waals surface area contributed by atoms with Crippen LogP contribution >= 0.6 is 0 Å². The molecule has 2 rings (SSSR count). The minimum absolute atomic E-state index is 0.416. The molecule has 82 valence electrons. The second kappa shape index (κ2) is 5.31. The number of anilines is 1. The highest BCUT2D eigenvalue weighted by molar-refractivity contribution is 5.46. The molecule has 0 saturated carbocycles. The van der Waals surface area contributed by atoms with Gasteiger partial charge in [0.25, 0.3) is 0 Å². The van der Waals surface area contributed by atoms with Gasteiger partial charge in [0.2, 0.25) is 0 Å². The van der Waals surface area contributed by atoms with Crippen LogP contribution in [0.25, 0.3) is 0 Å². The van der Waals surface area contributed by atoms with Crippen molar-refractivity contribution in [3.63, 3.8) is 0 Å². The molecule has 0 bridgehead atoms. The zero-order valence-corrected chi connectivity index (χ0v) is 8.99. The summed E-state index contributed by atoms with van der Waals surface area (Å²) in [4.78, 5) is 0. The summed E-state index contributed by atoms with van der Waals surface area (Å²) in [5.41, 5.74) is 2.88. The van der Waals surface area contributed by atoms with Gasteiger partial charge in [0.05, 0.1) is 0 Å². The summed E-state index contributed by atoms with van der Waals surface area (Å²) in [6, 6.07) is 17.6. The molecule has 0 aliphatic carbocycles. The van der Waals surface area contributed by atoms with Crippen molar-refractivity contribution in [1.82, 2.24) is 0 Å². The van der Waals surface area contributed by atoms with E-state index in [1.54, 1.807) is 6.07 Å². The van der Waals surface area contributed by atoms with E-state index in [0.29, 0.717) is 5.56 Å². The smallest absolute Gasteiger partial charge is 0.115 e. The van der Waals surface area contributed by atoms with E-state index in [4.69, 9.17) is 0 Å². The van der Waals surface area contributed by atoms with E-state index in [-0.39, 0.29) is 0 Å². The molecule has 0 atom stereocenters. The molecule has 0 radical (unpaired) electrons. The SMILES string of the molecule is FCc1cccc(NCc2ccccc2)c1. The molecule has 0 aliphatic rings. The van der Waals surface area contributed by atoms with E-state index in [0.717, 1.165) is 12.2 Å². The Hall–Kier alpha value is -1.83. The highest BCUT2D eigenvalue weighted by Gasteiger charge is 1.95. The Balaban J connectivity index is 1.99. The van der Waals surface area contributed by atoms with E-state index in [1.807, 2.05) is 36.4 Å². The molecule has 1 N–H and O–H groups in total. The number of hydrogen-bond acceptors (Lipinski definition) is 1. The van der Waals surface area contributed by atoms with E-state index in [1.165, 1.54) is 5.56 Å². The van der Waals surface area contributed by atoms with Gasteiger partial charge in [0.1, 0.15) is 6.67 Å². The lowest BCUT2D eigenvalue weighted by atomic mass is 10.2. The third-order valence-electron chi connectivity index (χ3n) is 2.42. The molecule has 0 unspecified atom stereocenters. The Morgan fingerprint density at radius 1 is 0.875 bits per heavy atom. The number of nitrogens with one attached hydrogen (secondary N) is 1. The molecule has 0 amide bonds. The fraction of sp³-hybridized carbons (Fsp3) is 0.143. The fourth-order valence-corrected chi connectivity index (χ4v) is 1.56. The molecular formula is C14H14FN. The Kier molecular flexibility index (Phi) is 3.54. The first kappa shape index (κ1) is 10.7. The average molecular weight is 215 g/mol. The Morgan fingerprint density at radius 3 is 2.38 bits per heavy atom. The van der Waals surface area contributed by atoms with E-state index in [9.17, 15) is 4.39 Å². The van der Waals surface area contributed by atoms with E-state index in [2.05, 4.69) is 17.4 Å². The van der Waals surface area contributed by atoms with Gasteiger partial charge in [-0.15, -0.1) is 0 Å². The molecule has 1 nitrogen and oxygen atoms in total. The van der Waals surface area contributed by atoms with Crippen LogP contribution < -0.4 is 5.32 Å². The van der Waals surface area contributed by atoms with Crippen molar-refractivity contribution in [2.24, 2.45) is 0 Å². The lowest BCUT2D eigenvalue weighted by Gasteiger charge is -2.07. The van der Waals surface area contributed by atoms with Crippen molar-refractivity contribution in [2.45, 2.75) is 13.2 Å². The van der Waals surface area contributed by atoms with E-state index < -0.39 is 6.67 Å². The van der Waals surface area contributed by atoms with Crippen LogP contribution in [0, 0.1) is 0 Å². The van der Waals surface area contributed by atoms with Gasteiger partial charge in [-0.25, -0.2) is 4.39 Å². The minimum atomic E-state index is -0.416. The Morgan fingerprint density at radius 2 is 1.62 bits per heavy atom. The molecule has 2 aromatic rings. The lowest BCUT2D eigenvalue weighted by molar-refractivity contribution is 0.485. The number of hydrogen-bond donors (Lipinski definition) is 1. The number of halogens is 1. The third-order valence-corrected chi connectivity index (χ3v) is 2.42. The first-order valence-electron chi connectivity index (χ1n) is 5.31. The van der Waals surface area contributed by atoms with Gasteiger partial charge in [-0.05, 0) is 23.3 Å². The molecule has 16 heavy (non-hydrogen) atoms. The monoisotopic (exact) mass is 215 g/mol. The largest absolute Gasteiger partial charge is 0.381 e. The topological polar surface area (TPSA) is 12.0 Å². The number of alkyl halides is 1. The zero-order chi connectivity index (χ0) is 11.2. The predicted octanol–water partition coefficient (Wildman–Crippen LogP) is 3.77. The van der Waals surface area contributed by atoms with Gasteiger partial charge < -0.3 is 5.32 Å². The highest BCUT2D eigenvalue weighted by Crippen LogP contribution is 2.12. The summed E-state index contributed by atoms with van der Waals surface area (Å²) in [6.45, 7) is 0.345. The zero-order valence-electron chi connectivity index (χ0n) is 8.99. The van der Waals surface area contributed by atoms with Crippen molar-refractivity contribution in [2.75, 3.05) is 5.32 Å². The van der Waals surface area contributed by atoms with Gasteiger partial charge in [0.15, 0.2) is 0 Å². The maximum absolute atomic E-state index is 12.4. The summed E-state index contributed by atoms with van der Waals surface area (Å²) in [7, 11) is 0. The first-order valence-corrected chi connectivity index (χ1v) is 5.31. The van der Waals surface area contributed by atoms with Crippen LogP contribution in [-0.4, -0.2) is 0 Å². The first-order chi connectivity index (χ1) is 7.88. The van der Waals surface area contributed by atoms with Crippen LogP contribution in [0.5, 0.6) is 0 Å². The second-order valence-corrected chi connectivity index (χ2v) is 3.67. The third kappa shape index (κ3) is 2.83. The summed E-state index contributed by atoms with van der Waals surface area (Å²) in [6.07, 6.45) is 0. The average Bonchev–Trinajstić information content (AvgIpc) is 2.38. The predicted molar refractivity (Wildman–Crippen MR) is 65.0 cm³/mol. The minimum Gasteiger partial charge on any atom is -0.381 e. The standard InChI is InChI=1S/C14H14FN/c15-10-13-7-4-8-14(9-13)16-11-12-5-2-1-3-6-12/h1-9,16H,10-11H2. The Bertz CT molecular complexity index is 439. The van der Waals surface area contributed by atoms with Gasteiger partial charge in [-0.1, -0.05) is 42.5 Å². The van der Waals surface area contributed by atoms with Crippen LogP contribution in [0.2, 0.25) is 0 Å². The molecule has 0 fully saturated rings. The van der Waals surface area contributed by atoms with Crippen molar-refractivity contribution in [1.29, 1.82) is 0 Å². The van der Waals surface area contributed by atoms with Gasteiger partial charge in [-0.2, -0.15) is 0 Å². The number of benzene rings is 2. The van der Waals surface area contributed by atoms with Gasteiger partial charge in [0, 0.05) is 12.2 Å². The highest BCUT2D eigenvalue weighted by atomic mass is 19.1. The Labute approximate surface area is 94.9 Å². The molecular weight excluding hydrogens is 201 g/mol. The van der Waals surface area contributed by atoms with Crippen LogP contribution in [0.3, 0.4) is 0 Å². The molecule has 2 aromatic carbocycles. The number of rotatable bonds is 4. The quantitative estimate of drug-likeness (QED) is 0.818. The van der Waals surface area contributed by atoms with Crippen LogP contribution in [-0.2, 0) is 13.2 Å². The van der Waals surface area contributed by atoms with Crippen LogP contribution in [0.1, 0.15) is 11.1 Å². The van der Waals surface area contributed by atoms with Crippen molar-refractivity contribution in [3.8, 4) is 0 Å². The van der Waals surface area contributed by atoms with Crippen LogP contribution in [0.15, 0.2) is 54.6 Å². The van der Waals surface area contributed by atoms with Crippen molar-refractivity contribution in [3.05, 3.63) is 65.7 Å². The second-order valence-electron chi connectivity index (χ2n) is 3.67. The summed E-state index contributed by atoms with van der Waals surface area (Å²) >= 11 is 0. The summed E-state index contributed by atoms with van der Waals surface area (Å²) < 4.78 is 12.4. The maximum atomic E-state index is 12.4. The molecule has 0 aromatic heterocycles. The van der Waals surface area contributed by atoms with Gasteiger partial charge >= 0.3 is 0 Å². The lowest BCUT2D eigenvalue weighted by Crippen LogP contribution is -1.99. The van der Waals surface area contributed by atoms with E-state index >= 15 is 0 Å². The normalized spacial score (nSPS) is 10.1. The fourth-order valence-electron chi connectivity index (χ4n) is 1.56. The molecule has 0 heterocycles. The summed E-state index contributed by atoms with van der Waals surface area (Å²) in [5.74, 6) is 0. The van der Waals surface area contributed by atoms with Gasteiger partial charge in [-0.3, -0.25) is 0 Å². The molecule has 2 heteroatoms. The molecule has 0 spiro atoms. The van der Waals surface area contributed by atoms with Crippen molar-refractivity contribution >= 4 is 5.69 Å². The maximum Gasteiger partial charge on any atom is 0.115 e. The molecule has 0 aliphatic heterocycles. The summed E-state index contributed by atoms with van der Waals surface area (Å²) in [5, 5.41) is 3.27. The molecule has 0 saturated heterocycles. The van der Waals surface area contributed by atoms with Crippen molar-refractivity contribution < 1.29 is 4.39 Å². The van der Waals surface area contributed by atoms with Crippen LogP contribution in [0.4, 0.5) is 10.1 Å².